The van der Waals surface area contributed by atoms with Crippen LogP contribution in [0.5, 0.6) is 5.88 Å². The second-order valence-electron chi connectivity index (χ2n) is 8.35. The summed E-state index contributed by atoms with van der Waals surface area (Å²) in [5, 5.41) is 8.03. The maximum atomic E-state index is 13.1. The van der Waals surface area contributed by atoms with Gasteiger partial charge >= 0.3 is 0 Å². The van der Waals surface area contributed by atoms with Crippen molar-refractivity contribution in [2.45, 2.75) is 17.4 Å². The van der Waals surface area contributed by atoms with Gasteiger partial charge in [-0.25, -0.2) is 23.4 Å². The zero-order valence-corrected chi connectivity index (χ0v) is 22.5. The highest BCUT2D eigenvalue weighted by atomic mass is 35.5. The number of aromatic nitrogens is 3. The number of nitrogens with one attached hydrogen (secondary N) is 3. The van der Waals surface area contributed by atoms with Gasteiger partial charge < -0.3 is 15.4 Å². The lowest BCUT2D eigenvalue weighted by atomic mass is 10.0. The van der Waals surface area contributed by atoms with Gasteiger partial charge in [-0.3, -0.25) is 4.72 Å². The molecule has 1 atom stereocenters. The van der Waals surface area contributed by atoms with E-state index < -0.39 is 10.0 Å². The summed E-state index contributed by atoms with van der Waals surface area (Å²) in [6, 6.07) is 10.1. The lowest BCUT2D eigenvalue weighted by Gasteiger charge is -2.16. The van der Waals surface area contributed by atoms with Gasteiger partial charge in [-0.2, -0.15) is 0 Å². The number of fused-ring (bicyclic) bond motifs is 1. The van der Waals surface area contributed by atoms with Crippen LogP contribution in [0.2, 0.25) is 15.1 Å². The molecule has 0 bridgehead atoms. The van der Waals surface area contributed by atoms with E-state index in [1.54, 1.807) is 12.3 Å². The number of pyridine rings is 1. The summed E-state index contributed by atoms with van der Waals surface area (Å²) < 4.78 is 33.9. The van der Waals surface area contributed by atoms with Gasteiger partial charge in [0.1, 0.15) is 0 Å². The number of methoxy groups -OCH3 is 1. The van der Waals surface area contributed by atoms with Crippen molar-refractivity contribution < 1.29 is 13.2 Å². The third kappa shape index (κ3) is 5.39. The first-order valence-electron chi connectivity index (χ1n) is 11.2. The maximum Gasteiger partial charge on any atom is 0.267 e. The highest BCUT2D eigenvalue weighted by molar-refractivity contribution is 7.92. The van der Waals surface area contributed by atoms with Gasteiger partial charge in [0, 0.05) is 35.9 Å². The molecule has 0 aliphatic carbocycles. The van der Waals surface area contributed by atoms with Crippen molar-refractivity contribution >= 4 is 67.4 Å². The Morgan fingerprint density at radius 1 is 1.08 bits per heavy atom. The Balaban J connectivity index is 1.48. The molecular weight excluding hydrogens is 559 g/mol. The van der Waals surface area contributed by atoms with E-state index in [9.17, 15) is 8.42 Å². The standard InChI is InChI=1S/C24H21Cl3N6O3S/c1-36-23-20(9-15(25)11-29-23)37(34,35)33-19-5-3-17(26)21(22(19)27)13-2-4-18-14(8-13)10-30-24(32-18)31-16-6-7-28-12-16/h2-5,8-11,16,28,33H,6-7,12H2,1H3,(H,30,31,32)/t16-/m1/s1. The van der Waals surface area contributed by atoms with Crippen LogP contribution < -0.4 is 20.1 Å². The van der Waals surface area contributed by atoms with Crippen molar-refractivity contribution in [3.05, 3.63) is 63.9 Å². The summed E-state index contributed by atoms with van der Waals surface area (Å²) in [4.78, 5) is 12.7. The highest BCUT2D eigenvalue weighted by Gasteiger charge is 2.24. The second-order valence-corrected chi connectivity index (χ2v) is 11.2. The number of ether oxygens (including phenoxy) is 1. The molecule has 0 radical (unpaired) electrons. The summed E-state index contributed by atoms with van der Waals surface area (Å²) in [7, 11) is -2.83. The third-order valence-corrected chi connectivity index (χ3v) is 8.14. The van der Waals surface area contributed by atoms with E-state index in [0.717, 1.165) is 30.4 Å². The van der Waals surface area contributed by atoms with Crippen LogP contribution in [0.15, 0.2) is 53.7 Å². The summed E-state index contributed by atoms with van der Waals surface area (Å²) in [5.41, 5.74) is 2.01. The van der Waals surface area contributed by atoms with Gasteiger partial charge in [0.25, 0.3) is 10.0 Å². The van der Waals surface area contributed by atoms with Gasteiger partial charge in [-0.1, -0.05) is 40.9 Å². The molecule has 1 aliphatic rings. The van der Waals surface area contributed by atoms with Crippen molar-refractivity contribution in [3.8, 4) is 17.0 Å². The molecule has 1 aliphatic heterocycles. The normalized spacial score (nSPS) is 15.6. The zero-order chi connectivity index (χ0) is 26.2. The molecule has 1 saturated heterocycles. The SMILES string of the molecule is COc1ncc(Cl)cc1S(=O)(=O)Nc1ccc(Cl)c(-c2ccc3nc(N[C@@H]4CCNC4)ncc3c2)c1Cl. The van der Waals surface area contributed by atoms with Crippen LogP contribution in [0.25, 0.3) is 22.0 Å². The Morgan fingerprint density at radius 3 is 2.68 bits per heavy atom. The Labute approximate surface area is 228 Å². The summed E-state index contributed by atoms with van der Waals surface area (Å²) >= 11 is 19.2. The second kappa shape index (κ2) is 10.5. The van der Waals surface area contributed by atoms with Crippen molar-refractivity contribution in [3.63, 3.8) is 0 Å². The first-order valence-corrected chi connectivity index (χ1v) is 13.8. The number of sulfonamides is 1. The van der Waals surface area contributed by atoms with Crippen LogP contribution in [-0.2, 0) is 10.0 Å². The molecule has 3 heterocycles. The smallest absolute Gasteiger partial charge is 0.267 e. The molecule has 0 unspecified atom stereocenters. The molecule has 0 spiro atoms. The molecule has 4 aromatic rings. The minimum absolute atomic E-state index is 0.102. The molecule has 3 N–H and O–H groups in total. The Morgan fingerprint density at radius 2 is 1.92 bits per heavy atom. The van der Waals surface area contributed by atoms with Crippen molar-refractivity contribution in [2.24, 2.45) is 0 Å². The Hall–Kier alpha value is -2.89. The minimum atomic E-state index is -4.14. The van der Waals surface area contributed by atoms with Gasteiger partial charge in [-0.15, -0.1) is 0 Å². The summed E-state index contributed by atoms with van der Waals surface area (Å²) in [6.07, 6.45) is 4.03. The minimum Gasteiger partial charge on any atom is -0.480 e. The van der Waals surface area contributed by atoms with E-state index in [4.69, 9.17) is 39.5 Å². The first-order chi connectivity index (χ1) is 17.7. The van der Waals surface area contributed by atoms with Gasteiger partial charge in [-0.05, 0) is 48.9 Å². The fourth-order valence-corrected chi connectivity index (χ4v) is 6.20. The number of hydrogen-bond acceptors (Lipinski definition) is 8. The average Bonchev–Trinajstić information content (AvgIpc) is 3.39. The topological polar surface area (TPSA) is 118 Å². The predicted octanol–water partition coefficient (Wildman–Crippen LogP) is 5.24. The van der Waals surface area contributed by atoms with E-state index >= 15 is 0 Å². The third-order valence-electron chi connectivity index (χ3n) is 5.87. The number of nitrogens with zero attached hydrogens (tertiary/aromatic N) is 3. The van der Waals surface area contributed by atoms with Crippen LogP contribution in [0.3, 0.4) is 0 Å². The van der Waals surface area contributed by atoms with E-state index in [1.165, 1.54) is 25.4 Å². The van der Waals surface area contributed by atoms with Crippen LogP contribution in [0.4, 0.5) is 11.6 Å². The van der Waals surface area contributed by atoms with Gasteiger partial charge in [0.15, 0.2) is 4.90 Å². The lowest BCUT2D eigenvalue weighted by molar-refractivity contribution is 0.385. The quantitative estimate of drug-likeness (QED) is 0.272. The number of hydrogen-bond donors (Lipinski definition) is 3. The van der Waals surface area contributed by atoms with Crippen molar-refractivity contribution in [1.29, 1.82) is 0 Å². The monoisotopic (exact) mass is 578 g/mol. The van der Waals surface area contributed by atoms with E-state index in [1.807, 2.05) is 18.2 Å². The molecule has 192 valence electrons. The largest absolute Gasteiger partial charge is 0.480 e. The molecule has 13 heteroatoms. The number of anilines is 2. The molecule has 0 saturated carbocycles. The molecule has 9 nitrogen and oxygen atoms in total. The van der Waals surface area contributed by atoms with Crippen LogP contribution in [0, 0.1) is 0 Å². The zero-order valence-electron chi connectivity index (χ0n) is 19.4. The molecule has 0 amide bonds. The summed E-state index contributed by atoms with van der Waals surface area (Å²) in [5.74, 6) is 0.460. The Bertz CT molecular complexity index is 1600. The van der Waals surface area contributed by atoms with E-state index in [0.29, 0.717) is 28.1 Å². The van der Waals surface area contributed by atoms with Crippen LogP contribution >= 0.6 is 34.8 Å². The van der Waals surface area contributed by atoms with E-state index in [-0.39, 0.29) is 26.5 Å². The van der Waals surface area contributed by atoms with Gasteiger partial charge in [0.05, 0.1) is 33.4 Å². The predicted molar refractivity (Wildman–Crippen MR) is 146 cm³/mol. The molecular formula is C24H21Cl3N6O3S. The molecule has 2 aromatic carbocycles. The molecule has 1 fully saturated rings. The number of rotatable bonds is 7. The van der Waals surface area contributed by atoms with Crippen LogP contribution in [-0.4, -0.2) is 49.6 Å². The lowest BCUT2D eigenvalue weighted by Crippen LogP contribution is -2.23. The van der Waals surface area contributed by atoms with Crippen LogP contribution in [0.1, 0.15) is 6.42 Å². The highest BCUT2D eigenvalue weighted by Crippen LogP contribution is 2.41. The summed E-state index contributed by atoms with van der Waals surface area (Å²) in [6.45, 7) is 1.84. The Kier molecular flexibility index (Phi) is 7.28. The average molecular weight is 580 g/mol. The van der Waals surface area contributed by atoms with E-state index in [2.05, 4.69) is 30.3 Å². The molecule has 2 aromatic heterocycles. The number of benzene rings is 2. The first kappa shape index (κ1) is 25.7. The molecule has 5 rings (SSSR count). The fourth-order valence-electron chi connectivity index (χ4n) is 4.07. The fraction of sp³-hybridized carbons (Fsp3) is 0.208. The maximum absolute atomic E-state index is 13.1. The molecule has 37 heavy (non-hydrogen) atoms. The number of halogens is 3. The van der Waals surface area contributed by atoms with Crippen molar-refractivity contribution in [2.75, 3.05) is 30.2 Å². The van der Waals surface area contributed by atoms with Crippen molar-refractivity contribution in [1.82, 2.24) is 20.3 Å². The van der Waals surface area contributed by atoms with Gasteiger partial charge in [0.2, 0.25) is 11.8 Å².